The van der Waals surface area contributed by atoms with Crippen LogP contribution in [0, 0.1) is 6.92 Å². The largest absolute Gasteiger partial charge is 0.391 e. The molecule has 18 heavy (non-hydrogen) atoms. The van der Waals surface area contributed by atoms with Gasteiger partial charge in [-0.2, -0.15) is 4.31 Å². The highest BCUT2D eigenvalue weighted by Gasteiger charge is 2.30. The van der Waals surface area contributed by atoms with E-state index >= 15 is 0 Å². The van der Waals surface area contributed by atoms with E-state index in [0.29, 0.717) is 22.9 Å². The molecule has 4 nitrogen and oxygen atoms in total. The zero-order valence-corrected chi connectivity index (χ0v) is 12.1. The van der Waals surface area contributed by atoms with E-state index in [2.05, 4.69) is 0 Å². The molecule has 0 saturated carbocycles. The average Bonchev–Trinajstić information content (AvgIpc) is 2.71. The van der Waals surface area contributed by atoms with Crippen LogP contribution in [0.1, 0.15) is 23.8 Å². The van der Waals surface area contributed by atoms with Crippen molar-refractivity contribution in [3.05, 3.63) is 27.5 Å². The van der Waals surface area contributed by atoms with Gasteiger partial charge in [0.25, 0.3) is 0 Å². The van der Waals surface area contributed by atoms with Crippen molar-refractivity contribution < 1.29 is 13.5 Å². The maximum atomic E-state index is 12.5. The predicted octanol–water partition coefficient (Wildman–Crippen LogP) is 1.89. The van der Waals surface area contributed by atoms with Gasteiger partial charge in [-0.05, 0) is 31.2 Å². The monoisotopic (exact) mass is 287 g/mol. The van der Waals surface area contributed by atoms with Crippen LogP contribution >= 0.6 is 11.3 Å². The molecule has 1 N–H and O–H groups in total. The molecule has 0 amide bonds. The minimum absolute atomic E-state index is 0.226. The van der Waals surface area contributed by atoms with E-state index in [1.807, 2.05) is 13.0 Å². The Kier molecular flexibility index (Phi) is 3.91. The number of hydrogen-bond acceptors (Lipinski definition) is 4. The van der Waals surface area contributed by atoms with Crippen molar-refractivity contribution in [2.24, 2.45) is 0 Å². The molecule has 0 fully saturated rings. The lowest BCUT2D eigenvalue weighted by Crippen LogP contribution is -2.35. The second-order valence-corrected chi connectivity index (χ2v) is 7.33. The van der Waals surface area contributed by atoms with E-state index in [1.54, 1.807) is 12.3 Å². The second kappa shape index (κ2) is 5.13. The van der Waals surface area contributed by atoms with Crippen molar-refractivity contribution in [2.75, 3.05) is 13.1 Å². The summed E-state index contributed by atoms with van der Waals surface area (Å²) in [4.78, 5) is 0.821. The third-order valence-electron chi connectivity index (χ3n) is 3.13. The van der Waals surface area contributed by atoms with Gasteiger partial charge in [0, 0.05) is 13.1 Å². The number of sulfonamides is 1. The van der Waals surface area contributed by atoms with E-state index in [0.717, 1.165) is 12.0 Å². The van der Waals surface area contributed by atoms with Crippen LogP contribution < -0.4 is 0 Å². The Labute approximate surface area is 112 Å². The van der Waals surface area contributed by atoms with Crippen LogP contribution in [0.2, 0.25) is 0 Å². The number of aliphatic hydroxyl groups excluding tert-OH is 1. The van der Waals surface area contributed by atoms with Crippen LogP contribution in [0.4, 0.5) is 0 Å². The topological polar surface area (TPSA) is 57.6 Å². The van der Waals surface area contributed by atoms with Crippen LogP contribution in [0.3, 0.4) is 0 Å². The van der Waals surface area contributed by atoms with Gasteiger partial charge in [0.2, 0.25) is 10.0 Å². The number of hydrogen-bond donors (Lipinski definition) is 1. The molecule has 0 radical (unpaired) electrons. The van der Waals surface area contributed by atoms with Crippen LogP contribution in [0.25, 0.3) is 0 Å². The zero-order valence-electron chi connectivity index (χ0n) is 10.5. The average molecular weight is 287 g/mol. The van der Waals surface area contributed by atoms with Gasteiger partial charge in [0.05, 0.1) is 11.5 Å². The summed E-state index contributed by atoms with van der Waals surface area (Å²) in [6.07, 6.45) is 2.72. The van der Waals surface area contributed by atoms with Crippen molar-refractivity contribution in [1.82, 2.24) is 4.31 Å². The molecule has 2 heterocycles. The highest BCUT2D eigenvalue weighted by molar-refractivity contribution is 7.89. The molecule has 1 aliphatic heterocycles. The molecule has 0 atom stereocenters. The van der Waals surface area contributed by atoms with Gasteiger partial charge in [-0.15, -0.1) is 11.3 Å². The van der Waals surface area contributed by atoms with Crippen LogP contribution in [0.5, 0.6) is 0 Å². The maximum absolute atomic E-state index is 12.5. The summed E-state index contributed by atoms with van der Waals surface area (Å²) in [6, 6.07) is 0. The molecule has 2 rings (SSSR count). The number of aliphatic hydroxyl groups is 1. The summed E-state index contributed by atoms with van der Waals surface area (Å²) >= 11 is 1.30. The summed E-state index contributed by atoms with van der Waals surface area (Å²) in [5.74, 6) is 0. The van der Waals surface area contributed by atoms with Crippen molar-refractivity contribution in [3.63, 3.8) is 0 Å². The molecule has 0 saturated heterocycles. The summed E-state index contributed by atoms with van der Waals surface area (Å²) in [6.45, 7) is 4.50. The van der Waals surface area contributed by atoms with E-state index in [1.165, 1.54) is 21.2 Å². The maximum Gasteiger partial charge on any atom is 0.244 e. The van der Waals surface area contributed by atoms with Crippen molar-refractivity contribution in [1.29, 1.82) is 0 Å². The van der Waals surface area contributed by atoms with Crippen LogP contribution in [-0.4, -0.2) is 30.9 Å². The first-order valence-corrected chi connectivity index (χ1v) is 8.12. The Hall–Kier alpha value is -0.690. The smallest absolute Gasteiger partial charge is 0.244 e. The third-order valence-corrected chi connectivity index (χ3v) is 6.44. The first-order valence-electron chi connectivity index (χ1n) is 5.80. The summed E-state index contributed by atoms with van der Waals surface area (Å²) in [5.41, 5.74) is 1.95. The molecule has 0 aromatic carbocycles. The quantitative estimate of drug-likeness (QED) is 0.864. The minimum atomic E-state index is -3.48. The molecule has 6 heteroatoms. The Morgan fingerprint density at radius 3 is 2.72 bits per heavy atom. The summed E-state index contributed by atoms with van der Waals surface area (Å²) in [5, 5.41) is 11.0. The Balaban J connectivity index is 2.40. The fraction of sp³-hybridized carbons (Fsp3) is 0.500. The fourth-order valence-electron chi connectivity index (χ4n) is 2.04. The van der Waals surface area contributed by atoms with Crippen molar-refractivity contribution in [2.45, 2.75) is 31.8 Å². The molecule has 1 aliphatic rings. The molecule has 0 bridgehead atoms. The van der Waals surface area contributed by atoms with Gasteiger partial charge < -0.3 is 5.11 Å². The lowest BCUT2D eigenvalue weighted by molar-refractivity contribution is 0.282. The van der Waals surface area contributed by atoms with E-state index in [9.17, 15) is 13.5 Å². The van der Waals surface area contributed by atoms with Gasteiger partial charge in [-0.3, -0.25) is 0 Å². The molecule has 1 aromatic rings. The molecule has 0 unspecified atom stereocenters. The third kappa shape index (κ3) is 2.38. The molecular formula is C12H17NO3S2. The number of thiophene rings is 1. The van der Waals surface area contributed by atoms with E-state index < -0.39 is 10.0 Å². The molecule has 100 valence electrons. The van der Waals surface area contributed by atoms with Crippen molar-refractivity contribution >= 4 is 21.4 Å². The molecule has 0 aliphatic carbocycles. The lowest BCUT2D eigenvalue weighted by atomic mass is 10.1. The first-order chi connectivity index (χ1) is 8.46. The number of nitrogens with zero attached hydrogens (tertiary/aromatic N) is 1. The second-order valence-electron chi connectivity index (χ2n) is 4.49. The number of rotatable bonds is 3. The Morgan fingerprint density at radius 2 is 2.17 bits per heavy atom. The van der Waals surface area contributed by atoms with Gasteiger partial charge >= 0.3 is 0 Å². The van der Waals surface area contributed by atoms with Crippen LogP contribution in [0.15, 0.2) is 21.9 Å². The summed E-state index contributed by atoms with van der Waals surface area (Å²) in [7, 11) is -3.48. The molecule has 1 aromatic heterocycles. The number of aryl methyl sites for hydroxylation is 1. The van der Waals surface area contributed by atoms with Gasteiger partial charge in [-0.25, -0.2) is 8.42 Å². The zero-order chi connectivity index (χ0) is 13.3. The highest BCUT2D eigenvalue weighted by atomic mass is 32.2. The minimum Gasteiger partial charge on any atom is -0.391 e. The lowest BCUT2D eigenvalue weighted by Gasteiger charge is -2.25. The Bertz CT molecular complexity index is 572. The SMILES string of the molecule is CC1=CCN(S(=O)(=O)c2c(C)csc2CO)CC1. The van der Waals surface area contributed by atoms with Crippen molar-refractivity contribution in [3.8, 4) is 0 Å². The predicted molar refractivity (Wildman–Crippen MR) is 72.1 cm³/mol. The molecule has 0 spiro atoms. The van der Waals surface area contributed by atoms with E-state index in [-0.39, 0.29) is 6.61 Å². The summed E-state index contributed by atoms with van der Waals surface area (Å²) < 4.78 is 26.6. The standard InChI is InChI=1S/C12H17NO3S2/c1-9-3-5-13(6-4-9)18(15,16)12-10(2)8-17-11(12)7-14/h3,8,14H,4-7H2,1-2H3. The van der Waals surface area contributed by atoms with Gasteiger partial charge in [0.15, 0.2) is 0 Å². The first kappa shape index (κ1) is 13.7. The van der Waals surface area contributed by atoms with Gasteiger partial charge in [-0.1, -0.05) is 11.6 Å². The molecular weight excluding hydrogens is 270 g/mol. The Morgan fingerprint density at radius 1 is 1.44 bits per heavy atom. The normalized spacial score (nSPS) is 17.8. The van der Waals surface area contributed by atoms with Gasteiger partial charge in [0.1, 0.15) is 4.90 Å². The van der Waals surface area contributed by atoms with Crippen LogP contribution in [-0.2, 0) is 16.6 Å². The fourth-order valence-corrected chi connectivity index (χ4v) is 5.04. The van der Waals surface area contributed by atoms with E-state index in [4.69, 9.17) is 0 Å². The highest BCUT2D eigenvalue weighted by Crippen LogP contribution is 2.30.